The number of benzene rings is 2. The number of amides is 1. The molecule has 31 heavy (non-hydrogen) atoms. The summed E-state index contributed by atoms with van der Waals surface area (Å²) in [5.74, 6) is 1.13. The third kappa shape index (κ3) is 4.09. The van der Waals surface area contributed by atoms with E-state index in [0.717, 1.165) is 0 Å². The lowest BCUT2D eigenvalue weighted by Crippen LogP contribution is -2.48. The second kappa shape index (κ2) is 8.36. The molecule has 0 spiro atoms. The highest BCUT2D eigenvalue weighted by Crippen LogP contribution is 2.48. The Labute approximate surface area is 180 Å². The van der Waals surface area contributed by atoms with E-state index in [1.54, 1.807) is 24.3 Å². The molecule has 1 atom stereocenters. The van der Waals surface area contributed by atoms with E-state index < -0.39 is 16.3 Å². The molecule has 11 heteroatoms. The quantitative estimate of drug-likeness (QED) is 0.466. The molecule has 166 valence electrons. The lowest BCUT2D eigenvalue weighted by Gasteiger charge is -2.43. The van der Waals surface area contributed by atoms with Gasteiger partial charge in [-0.05, 0) is 17.7 Å². The Kier molecular flexibility index (Phi) is 6.00. The van der Waals surface area contributed by atoms with Crippen molar-refractivity contribution in [3.8, 4) is 23.0 Å². The van der Waals surface area contributed by atoms with E-state index in [1.807, 2.05) is 0 Å². The van der Waals surface area contributed by atoms with Crippen molar-refractivity contribution in [2.45, 2.75) is 6.04 Å². The van der Waals surface area contributed by atoms with Crippen molar-refractivity contribution < 1.29 is 32.2 Å². The Morgan fingerprint density at radius 2 is 1.55 bits per heavy atom. The van der Waals surface area contributed by atoms with Crippen molar-refractivity contribution >= 4 is 27.5 Å². The molecule has 0 aliphatic carbocycles. The fourth-order valence-electron chi connectivity index (χ4n) is 3.43. The number of carbonyl (C=O) groups excluding carboxylic acids is 1. The molecule has 2 aromatic carbocycles. The highest BCUT2D eigenvalue weighted by atomic mass is 32.2. The number of hydrogen-bond acceptors (Lipinski definition) is 7. The first-order valence-corrected chi connectivity index (χ1v) is 10.5. The lowest BCUT2D eigenvalue weighted by atomic mass is 9.88. The van der Waals surface area contributed by atoms with Gasteiger partial charge in [-0.25, -0.2) is 5.14 Å². The summed E-state index contributed by atoms with van der Waals surface area (Å²) in [5, 5.41) is 5.11. The van der Waals surface area contributed by atoms with Crippen LogP contribution in [0.15, 0.2) is 42.5 Å². The summed E-state index contributed by atoms with van der Waals surface area (Å²) in [6.45, 7) is 3.87. The van der Waals surface area contributed by atoms with Crippen LogP contribution in [0.1, 0.15) is 11.6 Å². The molecule has 1 aliphatic rings. The van der Waals surface area contributed by atoms with Crippen LogP contribution in [0.25, 0.3) is 0 Å². The normalized spacial score (nSPS) is 15.9. The molecular weight excluding hydrogens is 426 g/mol. The van der Waals surface area contributed by atoms with Gasteiger partial charge in [0.15, 0.2) is 11.5 Å². The number of nitrogens with two attached hydrogens (primary N) is 1. The topological polar surface area (TPSA) is 129 Å². The van der Waals surface area contributed by atoms with E-state index in [4.69, 9.17) is 24.1 Å². The van der Waals surface area contributed by atoms with Crippen molar-refractivity contribution in [2.75, 3.05) is 38.1 Å². The van der Waals surface area contributed by atoms with Gasteiger partial charge in [0.05, 0.1) is 45.9 Å². The van der Waals surface area contributed by atoms with Gasteiger partial charge in [-0.2, -0.15) is 8.42 Å². The van der Waals surface area contributed by atoms with Crippen LogP contribution in [-0.2, 0) is 15.0 Å². The van der Waals surface area contributed by atoms with Crippen LogP contribution in [0.3, 0.4) is 0 Å². The highest BCUT2D eigenvalue weighted by molar-refractivity contribution is 7.90. The van der Waals surface area contributed by atoms with Crippen molar-refractivity contribution in [2.24, 2.45) is 5.14 Å². The molecule has 0 bridgehead atoms. The molecule has 1 aliphatic heterocycles. The standard InChI is InChI=1S/C20H23N3O7S/c1-11-18(12-6-7-15(27-2)14(8-12)22-31(21,25)26)23(20(11)24)13-9-16(28-3)19(30-5)17(10-13)29-4/h6-10,18,22H,1H2,2-5H3,(H2,21,25,26)/t18-/m1/s1. The van der Waals surface area contributed by atoms with Crippen molar-refractivity contribution in [1.29, 1.82) is 0 Å². The largest absolute Gasteiger partial charge is 0.495 e. The summed E-state index contributed by atoms with van der Waals surface area (Å²) >= 11 is 0. The number of anilines is 2. The predicted molar refractivity (Wildman–Crippen MR) is 115 cm³/mol. The van der Waals surface area contributed by atoms with E-state index in [2.05, 4.69) is 11.3 Å². The minimum atomic E-state index is -4.04. The molecule has 0 unspecified atom stereocenters. The smallest absolute Gasteiger partial charge is 0.296 e. The van der Waals surface area contributed by atoms with Crippen molar-refractivity contribution in [1.82, 2.24) is 0 Å². The molecule has 3 N–H and O–H groups in total. The van der Waals surface area contributed by atoms with Crippen molar-refractivity contribution in [3.05, 3.63) is 48.0 Å². The van der Waals surface area contributed by atoms with E-state index in [-0.39, 0.29) is 17.3 Å². The zero-order valence-electron chi connectivity index (χ0n) is 17.5. The lowest BCUT2D eigenvalue weighted by molar-refractivity contribution is -0.118. The number of rotatable bonds is 8. The Morgan fingerprint density at radius 3 is 2.03 bits per heavy atom. The van der Waals surface area contributed by atoms with Gasteiger partial charge in [-0.1, -0.05) is 12.6 Å². The van der Waals surface area contributed by atoms with Gasteiger partial charge in [0.25, 0.3) is 16.1 Å². The Hall–Kier alpha value is -3.44. The average molecular weight is 449 g/mol. The summed E-state index contributed by atoms with van der Waals surface area (Å²) in [6.07, 6.45) is 0. The molecule has 10 nitrogen and oxygen atoms in total. The summed E-state index contributed by atoms with van der Waals surface area (Å²) in [5.41, 5.74) is 1.57. The molecule has 3 rings (SSSR count). The number of methoxy groups -OCH3 is 4. The monoisotopic (exact) mass is 449 g/mol. The molecule has 1 fully saturated rings. The molecule has 0 radical (unpaired) electrons. The highest BCUT2D eigenvalue weighted by Gasteiger charge is 2.43. The summed E-state index contributed by atoms with van der Waals surface area (Å²) < 4.78 is 46.5. The average Bonchev–Trinajstić information content (AvgIpc) is 2.74. The SMILES string of the molecule is C=C1C(=O)N(c2cc(OC)c(OC)c(OC)c2)[C@H]1c1ccc(OC)c(NS(N)(=O)=O)c1. The first-order chi connectivity index (χ1) is 14.6. The maximum absolute atomic E-state index is 12.7. The zero-order valence-corrected chi connectivity index (χ0v) is 18.3. The molecule has 1 amide bonds. The fraction of sp³-hybridized carbons (Fsp3) is 0.250. The van der Waals surface area contributed by atoms with Gasteiger partial charge in [0, 0.05) is 17.7 Å². The number of ether oxygens (including phenoxy) is 4. The molecule has 1 saturated heterocycles. The molecule has 2 aromatic rings. The number of hydrogen-bond donors (Lipinski definition) is 2. The maximum Gasteiger partial charge on any atom is 0.296 e. The molecule has 0 aromatic heterocycles. The minimum Gasteiger partial charge on any atom is -0.495 e. The third-order valence-corrected chi connectivity index (χ3v) is 5.31. The Bertz CT molecular complexity index is 1120. The van der Waals surface area contributed by atoms with Crippen LogP contribution in [0.5, 0.6) is 23.0 Å². The summed E-state index contributed by atoms with van der Waals surface area (Å²) in [4.78, 5) is 14.2. The van der Waals surface area contributed by atoms with E-state index in [0.29, 0.717) is 34.1 Å². The Balaban J connectivity index is 2.08. The maximum atomic E-state index is 12.7. The van der Waals surface area contributed by atoms with Gasteiger partial charge in [-0.3, -0.25) is 14.4 Å². The predicted octanol–water partition coefficient (Wildman–Crippen LogP) is 1.98. The third-order valence-electron chi connectivity index (χ3n) is 4.80. The first kappa shape index (κ1) is 22.2. The molecule has 0 saturated carbocycles. The van der Waals surface area contributed by atoms with Gasteiger partial charge < -0.3 is 18.9 Å². The second-order valence-electron chi connectivity index (χ2n) is 6.59. The van der Waals surface area contributed by atoms with Crippen LogP contribution in [0.2, 0.25) is 0 Å². The Morgan fingerprint density at radius 1 is 0.968 bits per heavy atom. The first-order valence-electron chi connectivity index (χ1n) is 8.96. The number of β-lactam (4-membered cyclic amide) rings is 1. The second-order valence-corrected chi connectivity index (χ2v) is 7.89. The van der Waals surface area contributed by atoms with Gasteiger partial charge in [0.2, 0.25) is 5.75 Å². The fourth-order valence-corrected chi connectivity index (χ4v) is 3.90. The zero-order chi connectivity index (χ0) is 22.9. The van der Waals surface area contributed by atoms with Crippen LogP contribution in [0, 0.1) is 0 Å². The van der Waals surface area contributed by atoms with Crippen LogP contribution in [-0.4, -0.2) is 42.8 Å². The van der Waals surface area contributed by atoms with E-state index in [9.17, 15) is 13.2 Å². The summed E-state index contributed by atoms with van der Waals surface area (Å²) in [7, 11) is 1.80. The number of nitrogens with zero attached hydrogens (tertiary/aromatic N) is 1. The summed E-state index contributed by atoms with van der Waals surface area (Å²) in [6, 6.07) is 7.56. The van der Waals surface area contributed by atoms with Crippen molar-refractivity contribution in [3.63, 3.8) is 0 Å². The van der Waals surface area contributed by atoms with Gasteiger partial charge >= 0.3 is 0 Å². The molecular formula is C20H23N3O7S. The molecule has 1 heterocycles. The minimum absolute atomic E-state index is 0.138. The van der Waals surface area contributed by atoms with Crippen LogP contribution < -0.4 is 33.7 Å². The van der Waals surface area contributed by atoms with Crippen LogP contribution in [0.4, 0.5) is 11.4 Å². The number of carbonyl (C=O) groups is 1. The van der Waals surface area contributed by atoms with Crippen LogP contribution >= 0.6 is 0 Å². The van der Waals surface area contributed by atoms with E-state index >= 15 is 0 Å². The van der Waals surface area contributed by atoms with Gasteiger partial charge in [0.1, 0.15) is 5.75 Å². The van der Waals surface area contributed by atoms with E-state index in [1.165, 1.54) is 39.4 Å². The van der Waals surface area contributed by atoms with Gasteiger partial charge in [-0.15, -0.1) is 0 Å². The number of nitrogens with one attached hydrogen (secondary N) is 1.